The quantitative estimate of drug-likeness (QED) is 0.701. The molecule has 0 fully saturated rings. The third-order valence-electron chi connectivity index (χ3n) is 2.44. The van der Waals surface area contributed by atoms with Crippen LogP contribution in [0.5, 0.6) is 0 Å². The third-order valence-corrected chi connectivity index (χ3v) is 4.23. The van der Waals surface area contributed by atoms with Crippen molar-refractivity contribution >= 4 is 25.8 Å². The molecule has 0 saturated carbocycles. The summed E-state index contributed by atoms with van der Waals surface area (Å²) in [5.41, 5.74) is 0. The van der Waals surface area contributed by atoms with Gasteiger partial charge in [0, 0.05) is 0 Å². The monoisotopic (exact) mass is 344 g/mol. The average Bonchev–Trinajstić information content (AvgIpc) is 2.37. The molecule has 5 heteroatoms. The number of ether oxygens (including phenoxy) is 1. The van der Waals surface area contributed by atoms with Gasteiger partial charge in [-0.3, -0.25) is 0 Å². The van der Waals surface area contributed by atoms with E-state index < -0.39 is 9.84 Å². The molecule has 19 heavy (non-hydrogen) atoms. The largest absolute Gasteiger partial charge is 0.498 e. The van der Waals surface area contributed by atoms with Gasteiger partial charge < -0.3 is 4.74 Å². The standard InChI is InChI=1S/C14H17BrO3S/c1-12(15)8-9-13(2)18-10-11-19(16,17)14-6-4-3-5-7-14/h3-7,10-11,13H,1,8-9H2,2H3/b11-10+. The van der Waals surface area contributed by atoms with Gasteiger partial charge in [-0.15, -0.1) is 0 Å². The Morgan fingerprint density at radius 1 is 1.42 bits per heavy atom. The van der Waals surface area contributed by atoms with Gasteiger partial charge in [0.15, 0.2) is 0 Å². The van der Waals surface area contributed by atoms with E-state index in [1.807, 2.05) is 6.92 Å². The Balaban J connectivity index is 2.55. The number of hydrogen-bond donors (Lipinski definition) is 0. The van der Waals surface area contributed by atoms with Crippen LogP contribution in [-0.4, -0.2) is 14.5 Å². The van der Waals surface area contributed by atoms with Crippen LogP contribution in [0.25, 0.3) is 0 Å². The normalized spacial score (nSPS) is 13.4. The molecule has 3 nitrogen and oxygen atoms in total. The molecule has 0 spiro atoms. The molecule has 0 bridgehead atoms. The summed E-state index contributed by atoms with van der Waals surface area (Å²) in [6.45, 7) is 5.62. The maximum absolute atomic E-state index is 11.9. The van der Waals surface area contributed by atoms with Crippen molar-refractivity contribution in [2.24, 2.45) is 0 Å². The Morgan fingerprint density at radius 2 is 2.05 bits per heavy atom. The van der Waals surface area contributed by atoms with Gasteiger partial charge in [-0.1, -0.05) is 40.7 Å². The zero-order valence-corrected chi connectivity index (χ0v) is 13.2. The Morgan fingerprint density at radius 3 is 2.63 bits per heavy atom. The average molecular weight is 345 g/mol. The van der Waals surface area contributed by atoms with Crippen molar-refractivity contribution in [1.29, 1.82) is 0 Å². The van der Waals surface area contributed by atoms with Crippen molar-refractivity contribution in [2.45, 2.75) is 30.8 Å². The van der Waals surface area contributed by atoms with Crippen molar-refractivity contribution in [1.82, 2.24) is 0 Å². The summed E-state index contributed by atoms with van der Waals surface area (Å²) >= 11 is 3.27. The number of sulfone groups is 1. The van der Waals surface area contributed by atoms with Gasteiger partial charge in [0.2, 0.25) is 9.84 Å². The second-order valence-electron chi connectivity index (χ2n) is 4.13. The Kier molecular flexibility index (Phi) is 6.31. The SMILES string of the molecule is C=C(Br)CCC(C)O/C=C/S(=O)(=O)c1ccccc1. The van der Waals surface area contributed by atoms with Gasteiger partial charge >= 0.3 is 0 Å². The van der Waals surface area contributed by atoms with Crippen LogP contribution >= 0.6 is 15.9 Å². The predicted octanol–water partition coefficient (Wildman–Crippen LogP) is 4.03. The number of benzene rings is 1. The molecule has 0 aliphatic rings. The zero-order valence-electron chi connectivity index (χ0n) is 10.8. The van der Waals surface area contributed by atoms with E-state index in [9.17, 15) is 8.42 Å². The molecular formula is C14H17BrO3S. The fraction of sp³-hybridized carbons (Fsp3) is 0.286. The van der Waals surface area contributed by atoms with E-state index in [2.05, 4.69) is 22.5 Å². The maximum Gasteiger partial charge on any atom is 0.202 e. The van der Waals surface area contributed by atoms with Crippen molar-refractivity contribution in [2.75, 3.05) is 0 Å². The summed E-state index contributed by atoms with van der Waals surface area (Å²) < 4.78 is 30.0. The van der Waals surface area contributed by atoms with Gasteiger partial charge in [-0.25, -0.2) is 8.42 Å². The van der Waals surface area contributed by atoms with Gasteiger partial charge in [-0.2, -0.15) is 0 Å². The molecule has 0 N–H and O–H groups in total. The summed E-state index contributed by atoms with van der Waals surface area (Å²) in [7, 11) is -3.42. The molecule has 0 amide bonds. The molecule has 0 aliphatic heterocycles. The van der Waals surface area contributed by atoms with Gasteiger partial charge in [-0.05, 0) is 36.4 Å². The Labute approximate surface area is 123 Å². The van der Waals surface area contributed by atoms with Crippen LogP contribution in [-0.2, 0) is 14.6 Å². The lowest BCUT2D eigenvalue weighted by atomic mass is 10.2. The van der Waals surface area contributed by atoms with Crippen molar-refractivity contribution in [3.8, 4) is 0 Å². The maximum atomic E-state index is 11.9. The topological polar surface area (TPSA) is 43.4 Å². The second kappa shape index (κ2) is 7.50. The summed E-state index contributed by atoms with van der Waals surface area (Å²) in [5.74, 6) is 0. The van der Waals surface area contributed by atoms with Crippen LogP contribution in [0.1, 0.15) is 19.8 Å². The highest BCUT2D eigenvalue weighted by Crippen LogP contribution is 2.14. The molecule has 1 unspecified atom stereocenters. The number of halogens is 1. The highest BCUT2D eigenvalue weighted by Gasteiger charge is 2.09. The summed E-state index contributed by atoms with van der Waals surface area (Å²) in [5, 5.41) is 1.09. The summed E-state index contributed by atoms with van der Waals surface area (Å²) in [4.78, 5) is 0.260. The number of hydrogen-bond acceptors (Lipinski definition) is 3. The fourth-order valence-corrected chi connectivity index (χ4v) is 2.49. The molecule has 1 rings (SSSR count). The first-order chi connectivity index (χ1) is 8.92. The lowest BCUT2D eigenvalue weighted by Crippen LogP contribution is -2.04. The number of allylic oxidation sites excluding steroid dienone is 1. The third kappa shape index (κ3) is 6.07. The summed E-state index contributed by atoms with van der Waals surface area (Å²) in [6, 6.07) is 8.25. The molecular weight excluding hydrogens is 328 g/mol. The van der Waals surface area contributed by atoms with Crippen LogP contribution in [0.2, 0.25) is 0 Å². The molecule has 1 aromatic carbocycles. The van der Waals surface area contributed by atoms with Crippen molar-refractivity contribution < 1.29 is 13.2 Å². The number of rotatable bonds is 7. The van der Waals surface area contributed by atoms with Crippen LogP contribution in [0.3, 0.4) is 0 Å². The van der Waals surface area contributed by atoms with Crippen LogP contribution in [0.15, 0.2) is 58.0 Å². The highest BCUT2D eigenvalue weighted by atomic mass is 79.9. The van der Waals surface area contributed by atoms with E-state index in [1.54, 1.807) is 30.3 Å². The van der Waals surface area contributed by atoms with E-state index in [1.165, 1.54) is 6.26 Å². The first-order valence-corrected chi connectivity index (χ1v) is 8.21. The zero-order chi connectivity index (χ0) is 14.3. The predicted molar refractivity (Wildman–Crippen MR) is 80.6 cm³/mol. The van der Waals surface area contributed by atoms with E-state index in [0.29, 0.717) is 0 Å². The van der Waals surface area contributed by atoms with Crippen LogP contribution < -0.4 is 0 Å². The first-order valence-electron chi connectivity index (χ1n) is 5.87. The Bertz CT molecular complexity index is 535. The smallest absolute Gasteiger partial charge is 0.202 e. The van der Waals surface area contributed by atoms with Crippen LogP contribution in [0.4, 0.5) is 0 Å². The first kappa shape index (κ1) is 16.0. The molecule has 104 valence electrons. The molecule has 0 heterocycles. The minimum absolute atomic E-state index is 0.0588. The minimum atomic E-state index is -3.42. The highest BCUT2D eigenvalue weighted by molar-refractivity contribution is 9.11. The molecule has 0 radical (unpaired) electrons. The van der Waals surface area contributed by atoms with E-state index >= 15 is 0 Å². The van der Waals surface area contributed by atoms with Crippen molar-refractivity contribution in [3.05, 3.63) is 53.1 Å². The Hall–Kier alpha value is -1.07. The van der Waals surface area contributed by atoms with Crippen molar-refractivity contribution in [3.63, 3.8) is 0 Å². The van der Waals surface area contributed by atoms with Gasteiger partial charge in [0.25, 0.3) is 0 Å². The molecule has 1 aromatic rings. The summed E-state index contributed by atoms with van der Waals surface area (Å²) in [6.07, 6.45) is 2.75. The van der Waals surface area contributed by atoms with Crippen LogP contribution in [0, 0.1) is 0 Å². The van der Waals surface area contributed by atoms with E-state index in [0.717, 1.165) is 22.7 Å². The molecule has 0 saturated heterocycles. The van der Waals surface area contributed by atoms with E-state index in [4.69, 9.17) is 4.74 Å². The fourth-order valence-electron chi connectivity index (χ4n) is 1.36. The molecule has 1 atom stereocenters. The van der Waals surface area contributed by atoms with Gasteiger partial charge in [0.05, 0.1) is 22.7 Å². The minimum Gasteiger partial charge on any atom is -0.498 e. The van der Waals surface area contributed by atoms with Gasteiger partial charge in [0.1, 0.15) is 0 Å². The second-order valence-corrected chi connectivity index (χ2v) is 7.09. The lowest BCUT2D eigenvalue weighted by molar-refractivity contribution is 0.154. The lowest BCUT2D eigenvalue weighted by Gasteiger charge is -2.10. The molecule has 0 aliphatic carbocycles. The van der Waals surface area contributed by atoms with E-state index in [-0.39, 0.29) is 11.0 Å². The molecule has 0 aromatic heterocycles.